The topological polar surface area (TPSA) is 0 Å². The molecule has 0 aromatic carbocycles. The quantitative estimate of drug-likeness (QED) is 0.552. The average Bonchev–Trinajstić information content (AvgIpc) is 1.89. The largest absolute Gasteiger partial charge is 0.159 e. The Bertz CT molecular complexity index is 94.9. The van der Waals surface area contributed by atoms with Crippen LogP contribution in [0, 0.1) is 6.58 Å². The summed E-state index contributed by atoms with van der Waals surface area (Å²) in [5.41, 5.74) is 0. The molecule has 0 unspecified atom stereocenters. The van der Waals surface area contributed by atoms with Gasteiger partial charge in [0.05, 0.1) is 0 Å². The van der Waals surface area contributed by atoms with E-state index in [1.807, 2.05) is 11.8 Å². The fourth-order valence-electron chi connectivity index (χ4n) is 0.748. The highest BCUT2D eigenvalue weighted by molar-refractivity contribution is 7.99. The first kappa shape index (κ1) is 10.1. The van der Waals surface area contributed by atoms with Crippen LogP contribution >= 0.6 is 11.8 Å². The molecule has 0 aliphatic rings. The van der Waals surface area contributed by atoms with E-state index in [0.717, 1.165) is 6.42 Å². The number of hydrogen-bond acceptors (Lipinski definition) is 1. The minimum absolute atomic E-state index is 0.434. The lowest BCUT2D eigenvalue weighted by atomic mass is 10.1. The van der Waals surface area contributed by atoms with Crippen LogP contribution in [0.3, 0.4) is 0 Å². The van der Waals surface area contributed by atoms with Crippen molar-refractivity contribution in [3.63, 3.8) is 0 Å². The van der Waals surface area contributed by atoms with Crippen LogP contribution in [0.4, 0.5) is 0 Å². The van der Waals surface area contributed by atoms with Gasteiger partial charge >= 0.3 is 0 Å². The van der Waals surface area contributed by atoms with Crippen molar-refractivity contribution in [2.24, 2.45) is 0 Å². The number of rotatable bonds is 5. The van der Waals surface area contributed by atoms with Gasteiger partial charge in [0, 0.05) is 4.75 Å². The summed E-state index contributed by atoms with van der Waals surface area (Å²) in [7, 11) is 0. The summed E-state index contributed by atoms with van der Waals surface area (Å²) in [6.45, 7) is 9.81. The van der Waals surface area contributed by atoms with Crippen molar-refractivity contribution in [1.82, 2.24) is 0 Å². The molecule has 0 fully saturated rings. The van der Waals surface area contributed by atoms with Crippen molar-refractivity contribution >= 4 is 11.8 Å². The third-order valence-electron chi connectivity index (χ3n) is 1.70. The predicted octanol–water partition coefficient (Wildman–Crippen LogP) is 3.29. The number of unbranched alkanes of at least 4 members (excludes halogenated alkanes) is 1. The molecule has 0 aromatic rings. The van der Waals surface area contributed by atoms with E-state index in [1.54, 1.807) is 6.08 Å². The third kappa shape index (κ3) is 4.92. The molecule has 0 bridgehead atoms. The van der Waals surface area contributed by atoms with E-state index in [4.69, 9.17) is 6.58 Å². The van der Waals surface area contributed by atoms with Gasteiger partial charge in [-0.25, -0.2) is 0 Å². The SMILES string of the molecule is [CH]=CCCCC(C)(C)SC. The van der Waals surface area contributed by atoms with Crippen molar-refractivity contribution in [1.29, 1.82) is 0 Å². The lowest BCUT2D eigenvalue weighted by molar-refractivity contribution is 0.608. The molecule has 0 saturated heterocycles. The first-order valence-corrected chi connectivity index (χ1v) is 4.93. The lowest BCUT2D eigenvalue weighted by Crippen LogP contribution is -2.12. The molecule has 0 aliphatic heterocycles. The third-order valence-corrected chi connectivity index (χ3v) is 3.01. The van der Waals surface area contributed by atoms with E-state index in [0.29, 0.717) is 4.75 Å². The maximum Gasteiger partial charge on any atom is 0.0101 e. The highest BCUT2D eigenvalue weighted by Crippen LogP contribution is 2.27. The van der Waals surface area contributed by atoms with Crippen LogP contribution in [0.1, 0.15) is 33.1 Å². The molecule has 10 heavy (non-hydrogen) atoms. The average molecular weight is 157 g/mol. The van der Waals surface area contributed by atoms with Crippen LogP contribution < -0.4 is 0 Å². The Balaban J connectivity index is 3.36. The maximum atomic E-state index is 5.27. The molecule has 0 saturated carbocycles. The standard InChI is InChI=1S/C9H17S/c1-5-6-7-8-9(2,3)10-4/h1,5H,6-8H2,2-4H3. The van der Waals surface area contributed by atoms with Gasteiger partial charge in [-0.1, -0.05) is 26.5 Å². The number of thioether (sulfide) groups is 1. The summed E-state index contributed by atoms with van der Waals surface area (Å²) in [5.74, 6) is 0. The van der Waals surface area contributed by atoms with Gasteiger partial charge in [-0.2, -0.15) is 11.8 Å². The number of allylic oxidation sites excluding steroid dienone is 1. The van der Waals surface area contributed by atoms with Gasteiger partial charge in [0.1, 0.15) is 0 Å². The molecule has 0 aliphatic carbocycles. The van der Waals surface area contributed by atoms with Crippen molar-refractivity contribution in [2.75, 3.05) is 6.26 Å². The summed E-state index contributed by atoms with van der Waals surface area (Å²) in [4.78, 5) is 0. The Labute approximate surface area is 69.1 Å². The summed E-state index contributed by atoms with van der Waals surface area (Å²) < 4.78 is 0.434. The zero-order chi connectivity index (χ0) is 8.04. The van der Waals surface area contributed by atoms with Gasteiger partial charge in [0.2, 0.25) is 0 Å². The van der Waals surface area contributed by atoms with Gasteiger partial charge < -0.3 is 0 Å². The molecule has 0 atom stereocenters. The normalized spacial score (nSPS) is 11.5. The van der Waals surface area contributed by atoms with Gasteiger partial charge in [0.25, 0.3) is 0 Å². The second-order valence-corrected chi connectivity index (χ2v) is 4.61. The Morgan fingerprint density at radius 3 is 2.50 bits per heavy atom. The molecular formula is C9H17S. The summed E-state index contributed by atoms with van der Waals surface area (Å²) in [6, 6.07) is 0. The van der Waals surface area contributed by atoms with Crippen LogP contribution in [0.25, 0.3) is 0 Å². The first-order chi connectivity index (χ1) is 4.62. The molecule has 0 spiro atoms. The van der Waals surface area contributed by atoms with E-state index in [9.17, 15) is 0 Å². The molecular weight excluding hydrogens is 140 g/mol. The Hall–Kier alpha value is 0.0900. The van der Waals surface area contributed by atoms with Crippen molar-refractivity contribution < 1.29 is 0 Å². The lowest BCUT2D eigenvalue weighted by Gasteiger charge is -2.20. The number of hydrogen-bond donors (Lipinski definition) is 0. The van der Waals surface area contributed by atoms with E-state index in [1.165, 1.54) is 12.8 Å². The van der Waals surface area contributed by atoms with E-state index in [2.05, 4.69) is 20.1 Å². The fraction of sp³-hybridized carbons (Fsp3) is 0.778. The Kier molecular flexibility index (Phi) is 4.88. The van der Waals surface area contributed by atoms with Gasteiger partial charge in [-0.15, -0.1) is 0 Å². The first-order valence-electron chi connectivity index (χ1n) is 3.71. The predicted molar refractivity (Wildman–Crippen MR) is 50.3 cm³/mol. The molecule has 1 heteroatoms. The Morgan fingerprint density at radius 1 is 1.50 bits per heavy atom. The van der Waals surface area contributed by atoms with Gasteiger partial charge in [0.15, 0.2) is 0 Å². The zero-order valence-corrected chi connectivity index (χ0v) is 8.00. The maximum absolute atomic E-state index is 5.27. The summed E-state index contributed by atoms with van der Waals surface area (Å²) in [5, 5.41) is 0. The molecule has 59 valence electrons. The van der Waals surface area contributed by atoms with Crippen LogP contribution in [0.5, 0.6) is 0 Å². The molecule has 0 N–H and O–H groups in total. The molecule has 0 aromatic heterocycles. The summed E-state index contributed by atoms with van der Waals surface area (Å²) in [6.07, 6.45) is 7.42. The molecule has 0 rings (SSSR count). The van der Waals surface area contributed by atoms with Crippen LogP contribution in [0.2, 0.25) is 0 Å². The monoisotopic (exact) mass is 157 g/mol. The highest BCUT2D eigenvalue weighted by Gasteiger charge is 2.13. The Morgan fingerprint density at radius 2 is 2.10 bits per heavy atom. The van der Waals surface area contributed by atoms with Crippen molar-refractivity contribution in [3.05, 3.63) is 12.7 Å². The van der Waals surface area contributed by atoms with Crippen LogP contribution in [-0.4, -0.2) is 11.0 Å². The van der Waals surface area contributed by atoms with Crippen molar-refractivity contribution in [3.8, 4) is 0 Å². The second kappa shape index (κ2) is 4.84. The van der Waals surface area contributed by atoms with Gasteiger partial charge in [-0.05, 0) is 25.5 Å². The second-order valence-electron chi connectivity index (χ2n) is 3.09. The highest BCUT2D eigenvalue weighted by atomic mass is 32.2. The zero-order valence-electron chi connectivity index (χ0n) is 7.18. The van der Waals surface area contributed by atoms with E-state index < -0.39 is 0 Å². The fourth-order valence-corrected chi connectivity index (χ4v) is 1.10. The summed E-state index contributed by atoms with van der Waals surface area (Å²) >= 11 is 1.92. The van der Waals surface area contributed by atoms with E-state index >= 15 is 0 Å². The molecule has 0 heterocycles. The van der Waals surface area contributed by atoms with Crippen LogP contribution in [-0.2, 0) is 0 Å². The minimum Gasteiger partial charge on any atom is -0.159 e. The smallest absolute Gasteiger partial charge is 0.0101 e. The van der Waals surface area contributed by atoms with Gasteiger partial charge in [-0.3, -0.25) is 0 Å². The molecule has 1 radical (unpaired) electrons. The molecule has 0 amide bonds. The van der Waals surface area contributed by atoms with E-state index in [-0.39, 0.29) is 0 Å². The van der Waals surface area contributed by atoms with Crippen molar-refractivity contribution in [2.45, 2.75) is 37.9 Å². The molecule has 0 nitrogen and oxygen atoms in total. The van der Waals surface area contributed by atoms with Crippen LogP contribution in [0.15, 0.2) is 6.08 Å². The minimum atomic E-state index is 0.434.